The highest BCUT2D eigenvalue weighted by atomic mass is 32.2. The first-order chi connectivity index (χ1) is 14.6. The van der Waals surface area contributed by atoms with Crippen LogP contribution in [-0.4, -0.2) is 53.4 Å². The van der Waals surface area contributed by atoms with Crippen LogP contribution < -0.4 is 14.5 Å². The van der Waals surface area contributed by atoms with Crippen molar-refractivity contribution in [2.45, 2.75) is 27.3 Å². The van der Waals surface area contributed by atoms with Crippen LogP contribution in [0.15, 0.2) is 36.4 Å². The lowest BCUT2D eigenvalue weighted by Crippen LogP contribution is -2.40. The number of morpholine rings is 1. The molecule has 168 valence electrons. The van der Waals surface area contributed by atoms with E-state index in [9.17, 15) is 13.2 Å². The summed E-state index contributed by atoms with van der Waals surface area (Å²) in [4.78, 5) is 14.9. The number of ether oxygens (including phenoxy) is 1. The number of benzene rings is 2. The monoisotopic (exact) mass is 445 g/mol. The van der Waals surface area contributed by atoms with Crippen molar-refractivity contribution < 1.29 is 17.9 Å². The predicted octanol–water partition coefficient (Wildman–Crippen LogP) is 2.53. The van der Waals surface area contributed by atoms with Crippen molar-refractivity contribution in [3.63, 3.8) is 0 Å². The highest BCUT2D eigenvalue weighted by Gasteiger charge is 2.24. The third kappa shape index (κ3) is 5.98. The number of hydrogen-bond acceptors (Lipinski definition) is 5. The van der Waals surface area contributed by atoms with Crippen molar-refractivity contribution in [1.29, 1.82) is 0 Å². The lowest BCUT2D eigenvalue weighted by Gasteiger charge is -2.29. The van der Waals surface area contributed by atoms with E-state index < -0.39 is 10.0 Å². The quantitative estimate of drug-likeness (QED) is 0.709. The Hall–Kier alpha value is -2.58. The lowest BCUT2D eigenvalue weighted by atomic mass is 10.1. The Bertz CT molecular complexity index is 1010. The summed E-state index contributed by atoms with van der Waals surface area (Å²) < 4.78 is 31.5. The summed E-state index contributed by atoms with van der Waals surface area (Å²) in [7, 11) is -3.62. The largest absolute Gasteiger partial charge is 0.378 e. The molecule has 1 heterocycles. The molecule has 0 aromatic heterocycles. The van der Waals surface area contributed by atoms with Gasteiger partial charge in [0, 0.05) is 25.3 Å². The van der Waals surface area contributed by atoms with Gasteiger partial charge in [0.1, 0.15) is 6.54 Å². The number of anilines is 2. The Balaban J connectivity index is 1.65. The summed E-state index contributed by atoms with van der Waals surface area (Å²) in [5, 5.41) is 2.84. The molecule has 1 fully saturated rings. The van der Waals surface area contributed by atoms with Gasteiger partial charge in [0.15, 0.2) is 0 Å². The molecular weight excluding hydrogens is 414 g/mol. The van der Waals surface area contributed by atoms with Crippen LogP contribution >= 0.6 is 0 Å². The molecule has 0 radical (unpaired) electrons. The fraction of sp³-hybridized carbons (Fsp3) is 0.435. The van der Waals surface area contributed by atoms with E-state index in [1.165, 1.54) is 4.31 Å². The second kappa shape index (κ2) is 9.70. The van der Waals surface area contributed by atoms with Crippen LogP contribution in [0, 0.1) is 20.8 Å². The Morgan fingerprint density at radius 2 is 1.65 bits per heavy atom. The smallest absolute Gasteiger partial charge is 0.241 e. The number of nitrogens with zero attached hydrogens (tertiary/aromatic N) is 2. The van der Waals surface area contributed by atoms with Crippen molar-refractivity contribution >= 4 is 27.3 Å². The second-order valence-electron chi connectivity index (χ2n) is 8.06. The molecule has 0 bridgehead atoms. The van der Waals surface area contributed by atoms with E-state index in [2.05, 4.69) is 10.2 Å². The Morgan fingerprint density at radius 1 is 1.06 bits per heavy atom. The van der Waals surface area contributed by atoms with E-state index >= 15 is 0 Å². The van der Waals surface area contributed by atoms with Crippen molar-refractivity contribution in [3.05, 3.63) is 58.7 Å². The molecular formula is C23H31N3O4S. The molecule has 0 aliphatic carbocycles. The molecule has 7 nitrogen and oxygen atoms in total. The van der Waals surface area contributed by atoms with Crippen LogP contribution in [0.1, 0.15) is 22.3 Å². The first-order valence-corrected chi connectivity index (χ1v) is 12.2. The molecule has 2 aromatic carbocycles. The van der Waals surface area contributed by atoms with Crippen LogP contribution in [0.2, 0.25) is 0 Å². The molecule has 8 heteroatoms. The summed E-state index contributed by atoms with van der Waals surface area (Å²) in [5.41, 5.74) is 5.37. The van der Waals surface area contributed by atoms with Crippen LogP contribution in [-0.2, 0) is 26.1 Å². The Kier molecular flexibility index (Phi) is 7.23. The van der Waals surface area contributed by atoms with Gasteiger partial charge in [-0.15, -0.1) is 0 Å². The molecule has 1 saturated heterocycles. The molecule has 0 atom stereocenters. The summed E-state index contributed by atoms with van der Waals surface area (Å²) in [5.74, 6) is -0.345. The van der Waals surface area contributed by atoms with Crippen LogP contribution in [0.4, 0.5) is 11.4 Å². The van der Waals surface area contributed by atoms with Crippen molar-refractivity contribution in [3.8, 4) is 0 Å². The standard InChI is InChI=1S/C23H31N3O4S/c1-17-13-18(2)23(19(3)14-17)26(31(4,28)29)16-22(27)24-15-20-5-7-21(8-6-20)25-9-11-30-12-10-25/h5-8,13-14H,9-12,15-16H2,1-4H3,(H,24,27). The van der Waals surface area contributed by atoms with Gasteiger partial charge in [-0.05, 0) is 49.6 Å². The summed E-state index contributed by atoms with van der Waals surface area (Å²) in [6, 6.07) is 11.9. The van der Waals surface area contributed by atoms with Gasteiger partial charge < -0.3 is 15.0 Å². The Labute approximate surface area is 185 Å². The second-order valence-corrected chi connectivity index (χ2v) is 9.97. The highest BCUT2D eigenvalue weighted by molar-refractivity contribution is 7.92. The van der Waals surface area contributed by atoms with Gasteiger partial charge in [-0.25, -0.2) is 8.42 Å². The molecule has 3 rings (SSSR count). The maximum atomic E-state index is 12.6. The zero-order chi connectivity index (χ0) is 22.6. The number of sulfonamides is 1. The van der Waals surface area contributed by atoms with Gasteiger partial charge >= 0.3 is 0 Å². The van der Waals surface area contributed by atoms with E-state index in [4.69, 9.17) is 4.74 Å². The fourth-order valence-electron chi connectivity index (χ4n) is 3.96. The van der Waals surface area contributed by atoms with Crippen LogP contribution in [0.3, 0.4) is 0 Å². The highest BCUT2D eigenvalue weighted by Crippen LogP contribution is 2.28. The zero-order valence-electron chi connectivity index (χ0n) is 18.6. The van der Waals surface area contributed by atoms with Gasteiger partial charge in [0.2, 0.25) is 15.9 Å². The number of carbonyl (C=O) groups is 1. The van der Waals surface area contributed by atoms with Crippen LogP contribution in [0.5, 0.6) is 0 Å². The zero-order valence-corrected chi connectivity index (χ0v) is 19.5. The molecule has 2 aromatic rings. The van der Waals surface area contributed by atoms with Crippen molar-refractivity contribution in [2.75, 3.05) is 48.3 Å². The molecule has 1 aliphatic rings. The molecule has 1 amide bonds. The summed E-state index contributed by atoms with van der Waals surface area (Å²) in [6.07, 6.45) is 1.13. The van der Waals surface area contributed by atoms with E-state index in [0.29, 0.717) is 12.2 Å². The number of rotatable bonds is 7. The van der Waals surface area contributed by atoms with Gasteiger partial charge in [-0.3, -0.25) is 9.10 Å². The molecule has 0 saturated carbocycles. The van der Waals surface area contributed by atoms with Gasteiger partial charge in [0.05, 0.1) is 25.2 Å². The normalized spacial score (nSPS) is 14.4. The van der Waals surface area contributed by atoms with Crippen LogP contribution in [0.25, 0.3) is 0 Å². The first-order valence-electron chi connectivity index (χ1n) is 10.4. The minimum atomic E-state index is -3.62. The molecule has 0 unspecified atom stereocenters. The lowest BCUT2D eigenvalue weighted by molar-refractivity contribution is -0.119. The van der Waals surface area contributed by atoms with Gasteiger partial charge in [-0.1, -0.05) is 29.8 Å². The minimum absolute atomic E-state index is 0.255. The maximum absolute atomic E-state index is 12.6. The van der Waals surface area contributed by atoms with Crippen molar-refractivity contribution in [1.82, 2.24) is 5.32 Å². The van der Waals surface area contributed by atoms with E-state index in [1.54, 1.807) is 0 Å². The average molecular weight is 446 g/mol. The number of aryl methyl sites for hydroxylation is 3. The predicted molar refractivity (Wildman–Crippen MR) is 124 cm³/mol. The van der Waals surface area contributed by atoms with Gasteiger partial charge in [-0.2, -0.15) is 0 Å². The molecule has 31 heavy (non-hydrogen) atoms. The van der Waals surface area contributed by atoms with E-state index in [0.717, 1.165) is 60.5 Å². The SMILES string of the molecule is Cc1cc(C)c(N(CC(=O)NCc2ccc(N3CCOCC3)cc2)S(C)(=O)=O)c(C)c1. The topological polar surface area (TPSA) is 79.0 Å². The van der Waals surface area contributed by atoms with E-state index in [1.807, 2.05) is 57.2 Å². The molecule has 0 spiro atoms. The molecule has 1 N–H and O–H groups in total. The maximum Gasteiger partial charge on any atom is 0.241 e. The average Bonchev–Trinajstić information content (AvgIpc) is 2.71. The summed E-state index contributed by atoms with van der Waals surface area (Å²) >= 11 is 0. The third-order valence-electron chi connectivity index (χ3n) is 5.37. The summed E-state index contributed by atoms with van der Waals surface area (Å²) in [6.45, 7) is 8.98. The fourth-order valence-corrected chi connectivity index (χ4v) is 4.93. The molecule has 1 aliphatic heterocycles. The number of hydrogen-bond donors (Lipinski definition) is 1. The van der Waals surface area contributed by atoms with Crippen molar-refractivity contribution in [2.24, 2.45) is 0 Å². The first kappa shape index (κ1) is 23.1. The number of amides is 1. The Morgan fingerprint density at radius 3 is 2.19 bits per heavy atom. The number of nitrogens with one attached hydrogen (secondary N) is 1. The third-order valence-corrected chi connectivity index (χ3v) is 6.49. The van der Waals surface area contributed by atoms with Gasteiger partial charge in [0.25, 0.3) is 0 Å². The van der Waals surface area contributed by atoms with E-state index in [-0.39, 0.29) is 12.5 Å². The minimum Gasteiger partial charge on any atom is -0.378 e. The number of carbonyl (C=O) groups excluding carboxylic acids is 1.